The topological polar surface area (TPSA) is 64.4 Å². The van der Waals surface area contributed by atoms with Crippen molar-refractivity contribution in [2.75, 3.05) is 19.8 Å². The average molecular weight is 291 g/mol. The van der Waals surface area contributed by atoms with Gasteiger partial charge in [-0.2, -0.15) is 0 Å². The van der Waals surface area contributed by atoms with Crippen LogP contribution in [-0.4, -0.2) is 31.7 Å². The molecule has 2 fully saturated rings. The van der Waals surface area contributed by atoms with Gasteiger partial charge >= 0.3 is 0 Å². The molecular weight excluding hydrogens is 264 g/mol. The van der Waals surface area contributed by atoms with E-state index in [1.807, 2.05) is 0 Å². The molecule has 1 aliphatic heterocycles. The lowest BCUT2D eigenvalue weighted by Crippen LogP contribution is -2.43. The molecule has 0 aromatic carbocycles. The van der Waals surface area contributed by atoms with Crippen LogP contribution in [0.1, 0.15) is 51.4 Å². The fourth-order valence-corrected chi connectivity index (χ4v) is 3.22. The normalized spacial score (nSPS) is 23.4. The van der Waals surface area contributed by atoms with Crippen LogP contribution in [-0.2, 0) is 9.53 Å². The number of rotatable bonds is 4. The van der Waals surface area contributed by atoms with Crippen LogP contribution in [0.15, 0.2) is 0 Å². The second-order valence-corrected chi connectivity index (χ2v) is 5.90. The van der Waals surface area contributed by atoms with E-state index in [4.69, 9.17) is 10.5 Å². The summed E-state index contributed by atoms with van der Waals surface area (Å²) in [6, 6.07) is 0.310. The van der Waals surface area contributed by atoms with Gasteiger partial charge in [0.1, 0.15) is 0 Å². The second-order valence-electron chi connectivity index (χ2n) is 5.90. The van der Waals surface area contributed by atoms with E-state index in [9.17, 15) is 4.79 Å². The standard InChI is InChI=1S/C14H26N2O2.ClH/c15-11-14(6-2-1-3-7-14)10-13(17)16-12-4-8-18-9-5-12;/h12H,1-11,15H2,(H,16,17);1H. The van der Waals surface area contributed by atoms with Crippen molar-refractivity contribution in [1.82, 2.24) is 5.32 Å². The number of ether oxygens (including phenoxy) is 1. The van der Waals surface area contributed by atoms with E-state index in [2.05, 4.69) is 5.32 Å². The highest BCUT2D eigenvalue weighted by Gasteiger charge is 2.33. The molecule has 0 bridgehead atoms. The predicted molar refractivity (Wildman–Crippen MR) is 78.4 cm³/mol. The molecule has 1 heterocycles. The van der Waals surface area contributed by atoms with Crippen LogP contribution in [0.25, 0.3) is 0 Å². The molecule has 0 aromatic heterocycles. The summed E-state index contributed by atoms with van der Waals surface area (Å²) in [4.78, 5) is 12.1. The third kappa shape index (κ3) is 4.93. The molecule has 0 aromatic rings. The van der Waals surface area contributed by atoms with E-state index in [1.54, 1.807) is 0 Å². The van der Waals surface area contributed by atoms with Crippen molar-refractivity contribution in [3.63, 3.8) is 0 Å². The number of halogens is 1. The Balaban J connectivity index is 0.00000180. The highest BCUT2D eigenvalue weighted by Crippen LogP contribution is 2.38. The fourth-order valence-electron chi connectivity index (χ4n) is 3.22. The van der Waals surface area contributed by atoms with E-state index < -0.39 is 0 Å². The molecule has 0 atom stereocenters. The van der Waals surface area contributed by atoms with Crippen LogP contribution in [0.3, 0.4) is 0 Å². The van der Waals surface area contributed by atoms with Crippen LogP contribution in [0.4, 0.5) is 0 Å². The molecule has 1 amide bonds. The van der Waals surface area contributed by atoms with Crippen molar-refractivity contribution in [2.24, 2.45) is 11.1 Å². The minimum atomic E-state index is 0. The molecule has 1 saturated carbocycles. The van der Waals surface area contributed by atoms with Gasteiger partial charge in [-0.3, -0.25) is 4.79 Å². The molecule has 3 N–H and O–H groups in total. The molecule has 5 heteroatoms. The Labute approximate surface area is 122 Å². The van der Waals surface area contributed by atoms with Crippen molar-refractivity contribution in [2.45, 2.75) is 57.4 Å². The highest BCUT2D eigenvalue weighted by molar-refractivity contribution is 5.85. The van der Waals surface area contributed by atoms with Crippen LogP contribution >= 0.6 is 12.4 Å². The summed E-state index contributed by atoms with van der Waals surface area (Å²) < 4.78 is 5.30. The van der Waals surface area contributed by atoms with Gasteiger partial charge in [0, 0.05) is 25.7 Å². The molecule has 4 nitrogen and oxygen atoms in total. The lowest BCUT2D eigenvalue weighted by atomic mass is 9.71. The molecule has 0 spiro atoms. The van der Waals surface area contributed by atoms with E-state index >= 15 is 0 Å². The minimum absolute atomic E-state index is 0. The van der Waals surface area contributed by atoms with Crippen molar-refractivity contribution in [3.8, 4) is 0 Å². The molecule has 0 radical (unpaired) electrons. The summed E-state index contributed by atoms with van der Waals surface area (Å²) in [7, 11) is 0. The molecule has 2 rings (SSSR count). The maximum atomic E-state index is 12.1. The quantitative estimate of drug-likeness (QED) is 0.832. The van der Waals surface area contributed by atoms with Crippen molar-refractivity contribution >= 4 is 18.3 Å². The number of carbonyl (C=O) groups excluding carboxylic acids is 1. The number of hydrogen-bond donors (Lipinski definition) is 2. The largest absolute Gasteiger partial charge is 0.381 e. The Hall–Kier alpha value is -0.320. The summed E-state index contributed by atoms with van der Waals surface area (Å²) in [6.45, 7) is 2.19. The first-order chi connectivity index (χ1) is 8.74. The monoisotopic (exact) mass is 290 g/mol. The molecule has 1 aliphatic carbocycles. The Kier molecular flexibility index (Phi) is 7.11. The molecule has 2 aliphatic rings. The summed E-state index contributed by atoms with van der Waals surface area (Å²) in [6.07, 6.45) is 8.48. The lowest BCUT2D eigenvalue weighted by Gasteiger charge is -2.36. The Morgan fingerprint density at radius 3 is 2.42 bits per heavy atom. The van der Waals surface area contributed by atoms with Gasteiger partial charge in [-0.15, -0.1) is 12.4 Å². The summed E-state index contributed by atoms with van der Waals surface area (Å²) in [5, 5.41) is 3.15. The highest BCUT2D eigenvalue weighted by atomic mass is 35.5. The molecular formula is C14H27ClN2O2. The maximum absolute atomic E-state index is 12.1. The zero-order valence-electron chi connectivity index (χ0n) is 11.7. The average Bonchev–Trinajstić information content (AvgIpc) is 2.41. The Morgan fingerprint density at radius 1 is 1.21 bits per heavy atom. The fraction of sp³-hybridized carbons (Fsp3) is 0.929. The first kappa shape index (κ1) is 16.7. The van der Waals surface area contributed by atoms with Crippen LogP contribution in [0.5, 0.6) is 0 Å². The van der Waals surface area contributed by atoms with Gasteiger partial charge in [0.2, 0.25) is 5.91 Å². The van der Waals surface area contributed by atoms with E-state index in [-0.39, 0.29) is 23.7 Å². The second kappa shape index (κ2) is 8.08. The zero-order chi connectivity index (χ0) is 12.8. The Morgan fingerprint density at radius 2 is 1.84 bits per heavy atom. The number of nitrogens with two attached hydrogens (primary N) is 1. The van der Waals surface area contributed by atoms with E-state index in [1.165, 1.54) is 19.3 Å². The SMILES string of the molecule is Cl.NCC1(CC(=O)NC2CCOCC2)CCCCC1. The van der Waals surface area contributed by atoms with Gasteiger partial charge in [0.25, 0.3) is 0 Å². The third-order valence-corrected chi connectivity index (χ3v) is 4.47. The zero-order valence-corrected chi connectivity index (χ0v) is 12.5. The number of amides is 1. The van der Waals surface area contributed by atoms with Gasteiger partial charge in [-0.25, -0.2) is 0 Å². The van der Waals surface area contributed by atoms with Crippen molar-refractivity contribution < 1.29 is 9.53 Å². The third-order valence-electron chi connectivity index (χ3n) is 4.47. The van der Waals surface area contributed by atoms with Gasteiger partial charge in [0.05, 0.1) is 0 Å². The summed E-state index contributed by atoms with van der Waals surface area (Å²) in [5.41, 5.74) is 6.00. The van der Waals surface area contributed by atoms with E-state index in [0.29, 0.717) is 19.0 Å². The predicted octanol–water partition coefficient (Wildman–Crippen LogP) is 2.00. The van der Waals surface area contributed by atoms with E-state index in [0.717, 1.165) is 38.9 Å². The van der Waals surface area contributed by atoms with Gasteiger partial charge in [0.15, 0.2) is 0 Å². The smallest absolute Gasteiger partial charge is 0.220 e. The lowest BCUT2D eigenvalue weighted by molar-refractivity contribution is -0.125. The number of carbonyl (C=O) groups is 1. The molecule has 1 saturated heterocycles. The first-order valence-corrected chi connectivity index (χ1v) is 7.31. The first-order valence-electron chi connectivity index (χ1n) is 7.31. The maximum Gasteiger partial charge on any atom is 0.220 e. The minimum Gasteiger partial charge on any atom is -0.381 e. The molecule has 112 valence electrons. The summed E-state index contributed by atoms with van der Waals surface area (Å²) in [5.74, 6) is 0.189. The van der Waals surface area contributed by atoms with Crippen LogP contribution < -0.4 is 11.1 Å². The summed E-state index contributed by atoms with van der Waals surface area (Å²) >= 11 is 0. The van der Waals surface area contributed by atoms with Gasteiger partial charge in [-0.05, 0) is 37.6 Å². The molecule has 0 unspecified atom stereocenters. The van der Waals surface area contributed by atoms with Crippen LogP contribution in [0.2, 0.25) is 0 Å². The van der Waals surface area contributed by atoms with Gasteiger partial charge in [-0.1, -0.05) is 19.3 Å². The number of nitrogens with one attached hydrogen (secondary N) is 1. The van der Waals surface area contributed by atoms with Gasteiger partial charge < -0.3 is 15.8 Å². The van der Waals surface area contributed by atoms with Crippen molar-refractivity contribution in [1.29, 1.82) is 0 Å². The Bertz CT molecular complexity index is 275. The number of hydrogen-bond acceptors (Lipinski definition) is 3. The molecule has 19 heavy (non-hydrogen) atoms. The van der Waals surface area contributed by atoms with Crippen molar-refractivity contribution in [3.05, 3.63) is 0 Å². The van der Waals surface area contributed by atoms with Crippen LogP contribution in [0, 0.1) is 5.41 Å².